The zero-order valence-electron chi connectivity index (χ0n) is 16.3. The van der Waals surface area contributed by atoms with Crippen LogP contribution < -0.4 is 19.5 Å². The highest BCUT2D eigenvalue weighted by Crippen LogP contribution is 2.48. The number of rotatable bonds is 8. The molecule has 1 saturated heterocycles. The van der Waals surface area contributed by atoms with Crippen molar-refractivity contribution in [1.82, 2.24) is 5.32 Å². The van der Waals surface area contributed by atoms with Gasteiger partial charge in [0.15, 0.2) is 6.61 Å². The van der Waals surface area contributed by atoms with Gasteiger partial charge >= 0.3 is 0 Å². The minimum Gasteiger partial charge on any atom is -0.497 e. The fraction of sp³-hybridized carbons (Fsp3) is 0.381. The minimum atomic E-state index is -0.239. The Bertz CT molecular complexity index is 809. The van der Waals surface area contributed by atoms with E-state index in [0.29, 0.717) is 16.1 Å². The van der Waals surface area contributed by atoms with Gasteiger partial charge in [-0.25, -0.2) is 0 Å². The number of carbonyl (C=O) groups excluding carboxylic acids is 1. The van der Waals surface area contributed by atoms with E-state index in [1.54, 1.807) is 14.2 Å². The zero-order valence-corrected chi connectivity index (χ0v) is 17.9. The summed E-state index contributed by atoms with van der Waals surface area (Å²) in [5.74, 6) is 4.30. The van der Waals surface area contributed by atoms with Crippen LogP contribution in [0.1, 0.15) is 28.7 Å². The van der Waals surface area contributed by atoms with Crippen LogP contribution in [0.25, 0.3) is 0 Å². The molecule has 7 heteroatoms. The van der Waals surface area contributed by atoms with Gasteiger partial charge in [0.25, 0.3) is 5.91 Å². The van der Waals surface area contributed by atoms with E-state index >= 15 is 0 Å². The van der Waals surface area contributed by atoms with Gasteiger partial charge in [-0.1, -0.05) is 18.2 Å². The molecule has 0 spiro atoms. The molecule has 1 heterocycles. The lowest BCUT2D eigenvalue weighted by atomic mass is 10.1. The molecule has 1 aliphatic heterocycles. The first kappa shape index (κ1) is 20.7. The van der Waals surface area contributed by atoms with Crippen LogP contribution in [-0.4, -0.2) is 38.2 Å². The molecule has 0 unspecified atom stereocenters. The normalized spacial score (nSPS) is 15.1. The fourth-order valence-corrected chi connectivity index (χ4v) is 5.94. The molecule has 0 radical (unpaired) electrons. The molecule has 1 fully saturated rings. The Morgan fingerprint density at radius 3 is 2.57 bits per heavy atom. The Morgan fingerprint density at radius 1 is 1.11 bits per heavy atom. The third-order valence-electron chi connectivity index (χ3n) is 4.43. The van der Waals surface area contributed by atoms with E-state index in [9.17, 15) is 4.79 Å². The third kappa shape index (κ3) is 5.08. The van der Waals surface area contributed by atoms with E-state index in [0.717, 1.165) is 28.4 Å². The first-order valence-corrected chi connectivity index (χ1v) is 11.2. The molecule has 0 aliphatic carbocycles. The molecule has 2 aromatic rings. The van der Waals surface area contributed by atoms with Crippen molar-refractivity contribution in [1.29, 1.82) is 0 Å². The quantitative estimate of drug-likeness (QED) is 0.683. The Labute approximate surface area is 174 Å². The molecule has 0 aromatic heterocycles. The van der Waals surface area contributed by atoms with E-state index in [4.69, 9.17) is 14.2 Å². The van der Waals surface area contributed by atoms with E-state index in [-0.39, 0.29) is 18.6 Å². The van der Waals surface area contributed by atoms with Gasteiger partial charge in [-0.2, -0.15) is 0 Å². The summed E-state index contributed by atoms with van der Waals surface area (Å²) in [6.45, 7) is 1.88. The molecule has 150 valence electrons. The highest BCUT2D eigenvalue weighted by molar-refractivity contribution is 8.19. The first-order valence-electron chi connectivity index (χ1n) is 9.08. The average molecular weight is 420 g/mol. The summed E-state index contributed by atoms with van der Waals surface area (Å²) in [6, 6.07) is 13.2. The molecule has 0 bridgehead atoms. The second-order valence-electron chi connectivity index (χ2n) is 6.30. The van der Waals surface area contributed by atoms with Gasteiger partial charge in [-0.05, 0) is 31.2 Å². The Morgan fingerprint density at radius 2 is 1.86 bits per heavy atom. The van der Waals surface area contributed by atoms with Crippen molar-refractivity contribution in [2.75, 3.05) is 32.3 Å². The predicted molar refractivity (Wildman–Crippen MR) is 116 cm³/mol. The largest absolute Gasteiger partial charge is 0.497 e. The molecule has 1 aliphatic rings. The van der Waals surface area contributed by atoms with E-state index < -0.39 is 0 Å². The van der Waals surface area contributed by atoms with Gasteiger partial charge < -0.3 is 19.5 Å². The molecule has 1 N–H and O–H groups in total. The number of para-hydroxylation sites is 1. The molecule has 3 rings (SSSR count). The van der Waals surface area contributed by atoms with Crippen molar-refractivity contribution >= 4 is 29.4 Å². The van der Waals surface area contributed by atoms with Crippen LogP contribution in [0, 0.1) is 0 Å². The van der Waals surface area contributed by atoms with Crippen LogP contribution in [-0.2, 0) is 4.79 Å². The van der Waals surface area contributed by atoms with Crippen molar-refractivity contribution in [3.05, 3.63) is 53.6 Å². The smallest absolute Gasteiger partial charge is 0.258 e. The van der Waals surface area contributed by atoms with Crippen LogP contribution in [0.15, 0.2) is 42.5 Å². The fourth-order valence-electron chi connectivity index (χ4n) is 3.03. The van der Waals surface area contributed by atoms with Gasteiger partial charge in [0.1, 0.15) is 17.2 Å². The highest BCUT2D eigenvalue weighted by atomic mass is 32.2. The Hall–Kier alpha value is -1.99. The lowest BCUT2D eigenvalue weighted by Gasteiger charge is -2.19. The molecule has 1 amide bonds. The summed E-state index contributed by atoms with van der Waals surface area (Å²) in [7, 11) is 3.22. The molecule has 28 heavy (non-hydrogen) atoms. The highest BCUT2D eigenvalue weighted by Gasteiger charge is 2.22. The Kier molecular flexibility index (Phi) is 7.39. The molecule has 5 nitrogen and oxygen atoms in total. The van der Waals surface area contributed by atoms with Crippen molar-refractivity contribution < 1.29 is 19.0 Å². The number of benzene rings is 2. The standard InChI is InChI=1S/C21H25NO4S2/c1-14(17-12-15(24-2)8-9-18(17)25-3)22-20(23)13-26-19-7-5-4-6-16(19)21-27-10-11-28-21/h4-9,12,14,21H,10-11,13H2,1-3H3,(H,22,23)/t14-/m1/s1. The number of methoxy groups -OCH3 is 2. The number of nitrogens with one attached hydrogen (secondary N) is 1. The van der Waals surface area contributed by atoms with Gasteiger partial charge in [-0.15, -0.1) is 23.5 Å². The van der Waals surface area contributed by atoms with E-state index in [1.807, 2.05) is 66.8 Å². The lowest BCUT2D eigenvalue weighted by Crippen LogP contribution is -2.31. The summed E-state index contributed by atoms with van der Waals surface area (Å²) < 4.78 is 16.9. The maximum absolute atomic E-state index is 12.5. The van der Waals surface area contributed by atoms with Gasteiger partial charge in [0, 0.05) is 22.6 Å². The molecule has 1 atom stereocenters. The van der Waals surface area contributed by atoms with Crippen LogP contribution in [0.3, 0.4) is 0 Å². The molecule has 2 aromatic carbocycles. The van der Waals surface area contributed by atoms with Crippen LogP contribution in [0.5, 0.6) is 17.2 Å². The molecule has 0 saturated carbocycles. The topological polar surface area (TPSA) is 56.8 Å². The summed E-state index contributed by atoms with van der Waals surface area (Å²) in [5, 5.41) is 2.97. The summed E-state index contributed by atoms with van der Waals surface area (Å²) in [5.41, 5.74) is 2.00. The number of hydrogen-bond donors (Lipinski definition) is 1. The van der Waals surface area contributed by atoms with Crippen molar-refractivity contribution in [3.8, 4) is 17.2 Å². The summed E-state index contributed by atoms with van der Waals surface area (Å²) in [4.78, 5) is 12.5. The summed E-state index contributed by atoms with van der Waals surface area (Å²) >= 11 is 3.83. The maximum atomic E-state index is 12.5. The van der Waals surface area contributed by atoms with Crippen LogP contribution >= 0.6 is 23.5 Å². The van der Waals surface area contributed by atoms with E-state index in [2.05, 4.69) is 11.4 Å². The van der Waals surface area contributed by atoms with Gasteiger partial charge in [0.2, 0.25) is 0 Å². The molecular weight excluding hydrogens is 394 g/mol. The Balaban J connectivity index is 1.62. The monoisotopic (exact) mass is 419 g/mol. The predicted octanol–water partition coefficient (Wildman–Crippen LogP) is 4.44. The van der Waals surface area contributed by atoms with Crippen molar-refractivity contribution in [3.63, 3.8) is 0 Å². The number of ether oxygens (including phenoxy) is 3. The van der Waals surface area contributed by atoms with Gasteiger partial charge in [0.05, 0.1) is 24.8 Å². The zero-order chi connectivity index (χ0) is 19.9. The summed E-state index contributed by atoms with van der Waals surface area (Å²) in [6.07, 6.45) is 0. The number of hydrogen-bond acceptors (Lipinski definition) is 6. The van der Waals surface area contributed by atoms with Crippen molar-refractivity contribution in [2.45, 2.75) is 17.5 Å². The number of thioether (sulfide) groups is 2. The molecular formula is C21H25NO4S2. The number of carbonyl (C=O) groups is 1. The second-order valence-corrected chi connectivity index (χ2v) is 9.02. The van der Waals surface area contributed by atoms with Crippen LogP contribution in [0.2, 0.25) is 0 Å². The average Bonchev–Trinajstić information content (AvgIpc) is 3.26. The second kappa shape index (κ2) is 9.98. The van der Waals surface area contributed by atoms with Gasteiger partial charge in [-0.3, -0.25) is 4.79 Å². The first-order chi connectivity index (χ1) is 13.6. The number of amides is 1. The van der Waals surface area contributed by atoms with Crippen LogP contribution in [0.4, 0.5) is 0 Å². The lowest BCUT2D eigenvalue weighted by molar-refractivity contribution is -0.123. The maximum Gasteiger partial charge on any atom is 0.258 e. The van der Waals surface area contributed by atoms with E-state index in [1.165, 1.54) is 0 Å². The van der Waals surface area contributed by atoms with Crippen molar-refractivity contribution in [2.24, 2.45) is 0 Å². The minimum absolute atomic E-state index is 0.0321. The SMILES string of the molecule is COc1ccc(OC)c([C@@H](C)NC(=O)COc2ccccc2C2SCCS2)c1. The third-order valence-corrected chi connectivity index (χ3v) is 7.50.